The molecule has 0 amide bonds. The number of nitrogens with zero attached hydrogens (tertiary/aromatic N) is 1. The largest absolute Gasteiger partial charge is 0.399 e. The topological polar surface area (TPSA) is 49.8 Å². The van der Waals surface area contributed by atoms with Crippen molar-refractivity contribution in [2.45, 2.75) is 25.7 Å². The fourth-order valence-corrected chi connectivity index (χ4v) is 2.09. The van der Waals surface area contributed by atoms with Gasteiger partial charge in [-0.1, -0.05) is 6.07 Å². The molecule has 14 heavy (non-hydrogen) atoms. The van der Waals surface area contributed by atoms with Crippen molar-refractivity contribution in [3.8, 4) is 6.07 Å². The van der Waals surface area contributed by atoms with Gasteiger partial charge in [-0.05, 0) is 43.0 Å². The predicted molar refractivity (Wildman–Crippen MR) is 56.7 cm³/mol. The quantitative estimate of drug-likeness (QED) is 0.685. The van der Waals surface area contributed by atoms with Crippen molar-refractivity contribution in [1.82, 2.24) is 0 Å². The van der Waals surface area contributed by atoms with E-state index in [4.69, 9.17) is 11.0 Å². The van der Waals surface area contributed by atoms with Crippen LogP contribution in [0.1, 0.15) is 29.9 Å². The van der Waals surface area contributed by atoms with Crippen molar-refractivity contribution in [2.75, 3.05) is 5.73 Å². The standard InChI is InChI=1S/C12H14N2/c1-8-2-4-10(14)6-12(8)11-5-3-9(11)7-13/h2,4,6,9,11H,3,5,14H2,1H3/t9-,11-/m0/s1. The highest BCUT2D eigenvalue weighted by Crippen LogP contribution is 2.43. The summed E-state index contributed by atoms with van der Waals surface area (Å²) in [5.41, 5.74) is 9.07. The molecule has 2 nitrogen and oxygen atoms in total. The molecule has 0 bridgehead atoms. The zero-order chi connectivity index (χ0) is 10.1. The summed E-state index contributed by atoms with van der Waals surface area (Å²) in [7, 11) is 0. The molecule has 0 spiro atoms. The zero-order valence-electron chi connectivity index (χ0n) is 8.33. The number of nitrogens with two attached hydrogens (primary N) is 1. The molecule has 1 aromatic rings. The molecule has 0 saturated heterocycles. The molecule has 2 heteroatoms. The molecule has 0 aromatic heterocycles. The van der Waals surface area contributed by atoms with E-state index in [9.17, 15) is 0 Å². The van der Waals surface area contributed by atoms with Gasteiger partial charge < -0.3 is 5.73 Å². The Bertz CT molecular complexity index is 390. The number of benzene rings is 1. The summed E-state index contributed by atoms with van der Waals surface area (Å²) in [6, 6.07) is 8.33. The van der Waals surface area contributed by atoms with Crippen LogP contribution in [0.2, 0.25) is 0 Å². The first kappa shape index (κ1) is 9.08. The first-order valence-corrected chi connectivity index (χ1v) is 4.98. The maximum Gasteiger partial charge on any atom is 0.0662 e. The summed E-state index contributed by atoms with van der Waals surface area (Å²) < 4.78 is 0. The molecule has 1 aliphatic carbocycles. The molecular weight excluding hydrogens is 172 g/mol. The van der Waals surface area contributed by atoms with Gasteiger partial charge in [0.25, 0.3) is 0 Å². The molecule has 0 heterocycles. The fraction of sp³-hybridized carbons (Fsp3) is 0.417. The van der Waals surface area contributed by atoms with E-state index in [1.807, 2.05) is 18.2 Å². The second kappa shape index (κ2) is 3.34. The number of nitrogen functional groups attached to an aromatic ring is 1. The number of nitriles is 1. The summed E-state index contributed by atoms with van der Waals surface area (Å²) in [6.07, 6.45) is 2.16. The summed E-state index contributed by atoms with van der Waals surface area (Å²) in [4.78, 5) is 0. The lowest BCUT2D eigenvalue weighted by Crippen LogP contribution is -2.23. The Morgan fingerprint density at radius 2 is 2.21 bits per heavy atom. The molecule has 1 aromatic carbocycles. The van der Waals surface area contributed by atoms with E-state index >= 15 is 0 Å². The van der Waals surface area contributed by atoms with Crippen LogP contribution in [0.15, 0.2) is 18.2 Å². The first-order chi connectivity index (χ1) is 6.72. The highest BCUT2D eigenvalue weighted by atomic mass is 14.5. The Morgan fingerprint density at radius 1 is 1.43 bits per heavy atom. The van der Waals surface area contributed by atoms with E-state index in [-0.39, 0.29) is 5.92 Å². The third-order valence-corrected chi connectivity index (χ3v) is 3.14. The SMILES string of the molecule is Cc1ccc(N)cc1[C@H]1CC[C@H]1C#N. The van der Waals surface area contributed by atoms with Gasteiger partial charge in [-0.2, -0.15) is 5.26 Å². The van der Waals surface area contributed by atoms with Crippen LogP contribution in [-0.4, -0.2) is 0 Å². The van der Waals surface area contributed by atoms with E-state index in [1.54, 1.807) is 0 Å². The van der Waals surface area contributed by atoms with Gasteiger partial charge in [0.15, 0.2) is 0 Å². The molecule has 2 rings (SSSR count). The van der Waals surface area contributed by atoms with Crippen LogP contribution in [0.3, 0.4) is 0 Å². The van der Waals surface area contributed by atoms with Gasteiger partial charge in [0, 0.05) is 11.6 Å². The lowest BCUT2D eigenvalue weighted by atomic mass is 9.70. The number of aryl methyl sites for hydroxylation is 1. The molecule has 0 unspecified atom stereocenters. The lowest BCUT2D eigenvalue weighted by molar-refractivity contribution is 0.324. The van der Waals surface area contributed by atoms with Crippen molar-refractivity contribution in [3.63, 3.8) is 0 Å². The highest BCUT2D eigenvalue weighted by Gasteiger charge is 2.32. The smallest absolute Gasteiger partial charge is 0.0662 e. The van der Waals surface area contributed by atoms with Crippen molar-refractivity contribution in [3.05, 3.63) is 29.3 Å². The molecule has 72 valence electrons. The van der Waals surface area contributed by atoms with Gasteiger partial charge in [-0.25, -0.2) is 0 Å². The fourth-order valence-electron chi connectivity index (χ4n) is 2.09. The molecule has 1 fully saturated rings. The molecule has 0 aliphatic heterocycles. The van der Waals surface area contributed by atoms with Crippen LogP contribution < -0.4 is 5.73 Å². The van der Waals surface area contributed by atoms with E-state index in [2.05, 4.69) is 13.0 Å². The number of hydrogen-bond acceptors (Lipinski definition) is 2. The number of hydrogen-bond donors (Lipinski definition) is 1. The lowest BCUT2D eigenvalue weighted by Gasteiger charge is -2.33. The molecular formula is C12H14N2. The number of rotatable bonds is 1. The van der Waals surface area contributed by atoms with Crippen molar-refractivity contribution in [2.24, 2.45) is 5.92 Å². The minimum Gasteiger partial charge on any atom is -0.399 e. The summed E-state index contributed by atoms with van der Waals surface area (Å²) in [5.74, 6) is 0.624. The minimum absolute atomic E-state index is 0.204. The predicted octanol–water partition coefficient (Wildman–Crippen LogP) is 2.59. The second-order valence-electron chi connectivity index (χ2n) is 4.04. The van der Waals surface area contributed by atoms with Gasteiger partial charge in [0.1, 0.15) is 0 Å². The summed E-state index contributed by atoms with van der Waals surface area (Å²) in [5, 5.41) is 8.90. The maximum atomic E-state index is 8.90. The Hall–Kier alpha value is -1.49. The Morgan fingerprint density at radius 3 is 2.79 bits per heavy atom. The Balaban J connectivity index is 2.32. The van der Waals surface area contributed by atoms with E-state index < -0.39 is 0 Å². The van der Waals surface area contributed by atoms with Crippen LogP contribution in [0.25, 0.3) is 0 Å². The van der Waals surface area contributed by atoms with Gasteiger partial charge in [0.05, 0.1) is 12.0 Å². The van der Waals surface area contributed by atoms with Crippen LogP contribution in [0, 0.1) is 24.2 Å². The van der Waals surface area contributed by atoms with Gasteiger partial charge in [0.2, 0.25) is 0 Å². The van der Waals surface area contributed by atoms with Crippen molar-refractivity contribution < 1.29 is 0 Å². The average Bonchev–Trinajstić information content (AvgIpc) is 2.10. The van der Waals surface area contributed by atoms with E-state index in [0.717, 1.165) is 18.5 Å². The van der Waals surface area contributed by atoms with Crippen LogP contribution >= 0.6 is 0 Å². The van der Waals surface area contributed by atoms with Crippen molar-refractivity contribution >= 4 is 5.69 Å². The van der Waals surface area contributed by atoms with Crippen LogP contribution in [0.5, 0.6) is 0 Å². The molecule has 1 aliphatic rings. The molecule has 0 radical (unpaired) electrons. The average molecular weight is 186 g/mol. The minimum atomic E-state index is 0.204. The van der Waals surface area contributed by atoms with E-state index in [1.165, 1.54) is 11.1 Å². The maximum absolute atomic E-state index is 8.90. The summed E-state index contributed by atoms with van der Waals surface area (Å²) in [6.45, 7) is 2.08. The van der Waals surface area contributed by atoms with Crippen LogP contribution in [-0.2, 0) is 0 Å². The third kappa shape index (κ3) is 1.35. The van der Waals surface area contributed by atoms with Crippen LogP contribution in [0.4, 0.5) is 5.69 Å². The Kier molecular flexibility index (Phi) is 2.17. The second-order valence-corrected chi connectivity index (χ2v) is 4.04. The normalized spacial score (nSPS) is 25.1. The van der Waals surface area contributed by atoms with Gasteiger partial charge in [-0.3, -0.25) is 0 Å². The van der Waals surface area contributed by atoms with Gasteiger partial charge >= 0.3 is 0 Å². The number of anilines is 1. The highest BCUT2D eigenvalue weighted by molar-refractivity contribution is 5.46. The Labute approximate surface area is 84.3 Å². The van der Waals surface area contributed by atoms with Crippen molar-refractivity contribution in [1.29, 1.82) is 5.26 Å². The molecule has 2 atom stereocenters. The third-order valence-electron chi connectivity index (χ3n) is 3.14. The monoisotopic (exact) mass is 186 g/mol. The molecule has 1 saturated carbocycles. The zero-order valence-corrected chi connectivity index (χ0v) is 8.33. The molecule has 2 N–H and O–H groups in total. The summed E-state index contributed by atoms with van der Waals surface area (Å²) >= 11 is 0. The first-order valence-electron chi connectivity index (χ1n) is 4.98. The van der Waals surface area contributed by atoms with Gasteiger partial charge in [-0.15, -0.1) is 0 Å². The van der Waals surface area contributed by atoms with E-state index in [0.29, 0.717) is 5.92 Å².